The van der Waals surface area contributed by atoms with Gasteiger partial charge in [-0.25, -0.2) is 9.97 Å². The quantitative estimate of drug-likeness (QED) is 0.654. The number of carbonyl (C=O) groups is 2. The summed E-state index contributed by atoms with van der Waals surface area (Å²) in [4.78, 5) is 32.5. The van der Waals surface area contributed by atoms with Crippen molar-refractivity contribution >= 4 is 24.1 Å². The molecule has 0 unspecified atom stereocenters. The molecule has 1 aromatic heterocycles. The highest BCUT2D eigenvalue weighted by Crippen LogP contribution is 2.39. The monoisotopic (exact) mass is 354 g/mol. The van der Waals surface area contributed by atoms with Crippen molar-refractivity contribution in [1.82, 2.24) is 9.97 Å². The lowest BCUT2D eigenvalue weighted by Crippen LogP contribution is -2.55. The van der Waals surface area contributed by atoms with E-state index in [0.29, 0.717) is 31.0 Å². The number of aliphatic carboxylic acids is 1. The summed E-state index contributed by atoms with van der Waals surface area (Å²) in [6, 6.07) is 0. The topological polar surface area (TPSA) is 127 Å². The molecule has 0 radical (unpaired) electrons. The molecule has 2 heterocycles. The zero-order chi connectivity index (χ0) is 19.0. The van der Waals surface area contributed by atoms with Gasteiger partial charge >= 0.3 is 5.97 Å². The standard InChI is InChI=1S/C15H24N4O3.CH2O2/c1-4-5-15(14(21)22)6-9-19(10-11(15)20)13-12(18(2)3)16-7-8-17-13;2-1-3/h7-8,11,20H,4-6,9-10H2,1-3H3,(H,21,22);1H,(H,2,3)/t11-,15-;/m0./s1. The van der Waals surface area contributed by atoms with Gasteiger partial charge in [-0.3, -0.25) is 9.59 Å². The van der Waals surface area contributed by atoms with E-state index in [4.69, 9.17) is 9.90 Å². The minimum Gasteiger partial charge on any atom is -0.483 e. The number of hydrogen-bond donors (Lipinski definition) is 3. The molecule has 1 saturated heterocycles. The molecule has 9 nitrogen and oxygen atoms in total. The predicted octanol–water partition coefficient (Wildman–Crippen LogP) is 0.686. The molecule has 2 rings (SSSR count). The fraction of sp³-hybridized carbons (Fsp3) is 0.625. The number of aliphatic hydroxyl groups is 1. The van der Waals surface area contributed by atoms with Gasteiger partial charge in [0.15, 0.2) is 11.6 Å². The second-order valence-corrected chi connectivity index (χ2v) is 6.13. The summed E-state index contributed by atoms with van der Waals surface area (Å²) in [5.74, 6) is 0.489. The average Bonchev–Trinajstić information content (AvgIpc) is 2.57. The van der Waals surface area contributed by atoms with E-state index in [-0.39, 0.29) is 13.0 Å². The Labute approximate surface area is 146 Å². The molecule has 0 aromatic carbocycles. The average molecular weight is 354 g/mol. The first-order valence-corrected chi connectivity index (χ1v) is 8.06. The lowest BCUT2D eigenvalue weighted by Gasteiger charge is -2.43. The largest absolute Gasteiger partial charge is 0.483 e. The molecule has 0 spiro atoms. The van der Waals surface area contributed by atoms with E-state index in [0.717, 1.165) is 6.42 Å². The van der Waals surface area contributed by atoms with Crippen molar-refractivity contribution in [2.45, 2.75) is 32.3 Å². The maximum atomic E-state index is 11.7. The van der Waals surface area contributed by atoms with Gasteiger partial charge in [-0.1, -0.05) is 13.3 Å². The summed E-state index contributed by atoms with van der Waals surface area (Å²) in [5.41, 5.74) is -1.05. The van der Waals surface area contributed by atoms with Crippen molar-refractivity contribution in [3.8, 4) is 0 Å². The molecule has 3 N–H and O–H groups in total. The van der Waals surface area contributed by atoms with Crippen LogP contribution in [-0.2, 0) is 9.59 Å². The lowest BCUT2D eigenvalue weighted by molar-refractivity contribution is -0.159. The maximum absolute atomic E-state index is 11.7. The molecule has 1 aromatic rings. The molecule has 1 aliphatic heterocycles. The summed E-state index contributed by atoms with van der Waals surface area (Å²) in [7, 11) is 3.76. The van der Waals surface area contributed by atoms with Gasteiger partial charge in [0.1, 0.15) is 0 Å². The van der Waals surface area contributed by atoms with Crippen molar-refractivity contribution in [3.63, 3.8) is 0 Å². The van der Waals surface area contributed by atoms with E-state index >= 15 is 0 Å². The number of piperidine rings is 1. The molecule has 0 amide bonds. The molecule has 140 valence electrons. The van der Waals surface area contributed by atoms with Crippen LogP contribution < -0.4 is 9.80 Å². The molecule has 0 aliphatic carbocycles. The molecule has 1 aliphatic rings. The normalized spacial score (nSPS) is 22.6. The zero-order valence-electron chi connectivity index (χ0n) is 14.8. The third kappa shape index (κ3) is 4.56. The molecule has 1 fully saturated rings. The molecule has 9 heteroatoms. The third-order valence-corrected chi connectivity index (χ3v) is 4.36. The zero-order valence-corrected chi connectivity index (χ0v) is 14.8. The first-order chi connectivity index (χ1) is 11.8. The Morgan fingerprint density at radius 2 is 2.04 bits per heavy atom. The number of nitrogens with zero attached hydrogens (tertiary/aromatic N) is 4. The summed E-state index contributed by atoms with van der Waals surface area (Å²) < 4.78 is 0. The highest BCUT2D eigenvalue weighted by atomic mass is 16.4. The smallest absolute Gasteiger partial charge is 0.312 e. The molecule has 2 atom stereocenters. The van der Waals surface area contributed by atoms with Crippen molar-refractivity contribution in [1.29, 1.82) is 0 Å². The Balaban J connectivity index is 0.000000970. The SMILES string of the molecule is CCC[C@]1(C(=O)O)CCN(c2nccnc2N(C)C)C[C@@H]1O.O=CO. The number of carboxylic acid groups (broad SMARTS) is 2. The van der Waals surface area contributed by atoms with Crippen LogP contribution in [0.1, 0.15) is 26.2 Å². The minimum absolute atomic E-state index is 0.250. The Hall–Kier alpha value is -2.42. The van der Waals surface area contributed by atoms with E-state index in [9.17, 15) is 15.0 Å². The number of aliphatic hydroxyl groups excluding tert-OH is 1. The molecular weight excluding hydrogens is 328 g/mol. The van der Waals surface area contributed by atoms with E-state index in [2.05, 4.69) is 9.97 Å². The maximum Gasteiger partial charge on any atom is 0.312 e. The van der Waals surface area contributed by atoms with Crippen LogP contribution >= 0.6 is 0 Å². The van der Waals surface area contributed by atoms with Crippen LogP contribution in [0.3, 0.4) is 0 Å². The number of aromatic nitrogens is 2. The van der Waals surface area contributed by atoms with Crippen LogP contribution in [0.25, 0.3) is 0 Å². The highest BCUT2D eigenvalue weighted by molar-refractivity contribution is 5.76. The van der Waals surface area contributed by atoms with E-state index in [1.807, 2.05) is 30.8 Å². The van der Waals surface area contributed by atoms with Gasteiger partial charge < -0.3 is 25.1 Å². The number of carboxylic acids is 1. The van der Waals surface area contributed by atoms with Crippen LogP contribution in [0, 0.1) is 5.41 Å². The van der Waals surface area contributed by atoms with Crippen LogP contribution in [0.15, 0.2) is 12.4 Å². The Morgan fingerprint density at radius 3 is 2.52 bits per heavy atom. The van der Waals surface area contributed by atoms with Crippen LogP contribution in [0.4, 0.5) is 11.6 Å². The Morgan fingerprint density at radius 1 is 1.44 bits per heavy atom. The second kappa shape index (κ2) is 9.16. The minimum atomic E-state index is -1.05. The van der Waals surface area contributed by atoms with Crippen molar-refractivity contribution in [3.05, 3.63) is 12.4 Å². The van der Waals surface area contributed by atoms with Gasteiger partial charge in [0, 0.05) is 39.6 Å². The summed E-state index contributed by atoms with van der Waals surface area (Å²) in [5, 5.41) is 27.0. The summed E-state index contributed by atoms with van der Waals surface area (Å²) >= 11 is 0. The van der Waals surface area contributed by atoms with Gasteiger partial charge in [-0.05, 0) is 12.8 Å². The highest BCUT2D eigenvalue weighted by Gasteiger charge is 2.48. The van der Waals surface area contributed by atoms with Gasteiger partial charge in [0.2, 0.25) is 0 Å². The summed E-state index contributed by atoms with van der Waals surface area (Å²) in [6.07, 6.45) is 3.93. The van der Waals surface area contributed by atoms with Gasteiger partial charge in [-0.2, -0.15) is 0 Å². The van der Waals surface area contributed by atoms with Crippen molar-refractivity contribution in [2.75, 3.05) is 37.0 Å². The number of hydrogen-bond acceptors (Lipinski definition) is 7. The fourth-order valence-electron chi connectivity index (χ4n) is 3.12. The predicted molar refractivity (Wildman–Crippen MR) is 92.9 cm³/mol. The van der Waals surface area contributed by atoms with Gasteiger partial charge in [0.05, 0.1) is 11.5 Å². The molecular formula is C16H26N4O5. The third-order valence-electron chi connectivity index (χ3n) is 4.36. The van der Waals surface area contributed by atoms with Gasteiger partial charge in [0.25, 0.3) is 6.47 Å². The van der Waals surface area contributed by atoms with Crippen molar-refractivity contribution < 1.29 is 24.9 Å². The number of rotatable bonds is 5. The van der Waals surface area contributed by atoms with Crippen LogP contribution in [0.2, 0.25) is 0 Å². The van der Waals surface area contributed by atoms with E-state index in [1.54, 1.807) is 12.4 Å². The molecule has 25 heavy (non-hydrogen) atoms. The summed E-state index contributed by atoms with van der Waals surface area (Å²) in [6.45, 7) is 2.49. The van der Waals surface area contributed by atoms with Crippen LogP contribution in [-0.4, -0.2) is 71.0 Å². The van der Waals surface area contributed by atoms with Crippen LogP contribution in [0.5, 0.6) is 0 Å². The fourth-order valence-corrected chi connectivity index (χ4v) is 3.12. The van der Waals surface area contributed by atoms with E-state index < -0.39 is 17.5 Å². The number of anilines is 2. The second-order valence-electron chi connectivity index (χ2n) is 6.13. The Kier molecular flexibility index (Phi) is 7.56. The first-order valence-electron chi connectivity index (χ1n) is 8.06. The Bertz CT molecular complexity index is 583. The van der Waals surface area contributed by atoms with Gasteiger partial charge in [-0.15, -0.1) is 0 Å². The van der Waals surface area contributed by atoms with Crippen molar-refractivity contribution in [2.24, 2.45) is 5.41 Å². The number of β-amino-alcohol motifs (C(OH)–C–C–N with tert-alkyl or cyclic N) is 1. The first kappa shape index (κ1) is 20.6. The lowest BCUT2D eigenvalue weighted by atomic mass is 9.73. The van der Waals surface area contributed by atoms with E-state index in [1.165, 1.54) is 0 Å². The molecule has 0 saturated carbocycles. The molecule has 0 bridgehead atoms.